The van der Waals surface area contributed by atoms with Gasteiger partial charge in [-0.25, -0.2) is 4.98 Å². The minimum absolute atomic E-state index is 0.630. The second-order valence-corrected chi connectivity index (χ2v) is 4.59. The summed E-state index contributed by atoms with van der Waals surface area (Å²) in [7, 11) is 0. The number of nitrogen functional groups attached to an aromatic ring is 1. The molecular formula is C15H18N2. The van der Waals surface area contributed by atoms with E-state index in [-0.39, 0.29) is 0 Å². The first kappa shape index (κ1) is 11.6. The van der Waals surface area contributed by atoms with Crippen molar-refractivity contribution in [3.63, 3.8) is 0 Å². The second kappa shape index (κ2) is 4.58. The molecular weight excluding hydrogens is 208 g/mol. The smallest absolute Gasteiger partial charge is 0.126 e. The van der Waals surface area contributed by atoms with Crippen molar-refractivity contribution < 1.29 is 0 Å². The Hall–Kier alpha value is -1.83. The SMILES string of the molecule is Cc1cc(C)c(Cc2cccnc2N)cc1C. The van der Waals surface area contributed by atoms with Gasteiger partial charge in [0.25, 0.3) is 0 Å². The lowest BCUT2D eigenvalue weighted by molar-refractivity contribution is 1.11. The van der Waals surface area contributed by atoms with Crippen molar-refractivity contribution in [1.82, 2.24) is 4.98 Å². The predicted molar refractivity (Wildman–Crippen MR) is 72.1 cm³/mol. The number of aryl methyl sites for hydroxylation is 3. The van der Waals surface area contributed by atoms with Gasteiger partial charge < -0.3 is 5.73 Å². The largest absolute Gasteiger partial charge is 0.383 e. The molecule has 0 spiro atoms. The van der Waals surface area contributed by atoms with Crippen LogP contribution in [0.3, 0.4) is 0 Å². The number of benzene rings is 1. The molecule has 0 unspecified atom stereocenters. The Kier molecular flexibility index (Phi) is 3.14. The Balaban J connectivity index is 2.37. The van der Waals surface area contributed by atoms with Gasteiger partial charge in [-0.2, -0.15) is 0 Å². The van der Waals surface area contributed by atoms with Crippen LogP contribution in [0.2, 0.25) is 0 Å². The van der Waals surface area contributed by atoms with Gasteiger partial charge in [0.1, 0.15) is 5.82 Å². The van der Waals surface area contributed by atoms with E-state index in [2.05, 4.69) is 37.9 Å². The standard InChI is InChI=1S/C15H18N2/c1-10-7-12(3)14(8-11(10)2)9-13-5-4-6-17-15(13)16/h4-8H,9H2,1-3H3,(H2,16,17). The highest BCUT2D eigenvalue weighted by atomic mass is 14.8. The summed E-state index contributed by atoms with van der Waals surface area (Å²) in [5.41, 5.74) is 12.3. The fraction of sp³-hybridized carbons (Fsp3) is 0.267. The molecule has 0 fully saturated rings. The molecule has 0 aliphatic rings. The first-order chi connectivity index (χ1) is 8.08. The first-order valence-electron chi connectivity index (χ1n) is 5.84. The van der Waals surface area contributed by atoms with Gasteiger partial charge in [0.15, 0.2) is 0 Å². The molecule has 17 heavy (non-hydrogen) atoms. The fourth-order valence-corrected chi connectivity index (χ4v) is 2.02. The molecule has 2 nitrogen and oxygen atoms in total. The number of anilines is 1. The summed E-state index contributed by atoms with van der Waals surface area (Å²) in [4.78, 5) is 4.12. The lowest BCUT2D eigenvalue weighted by Gasteiger charge is -2.10. The lowest BCUT2D eigenvalue weighted by atomic mass is 9.96. The van der Waals surface area contributed by atoms with Crippen molar-refractivity contribution in [1.29, 1.82) is 0 Å². The molecule has 2 N–H and O–H groups in total. The lowest BCUT2D eigenvalue weighted by Crippen LogP contribution is -2.00. The zero-order valence-electron chi connectivity index (χ0n) is 10.6. The van der Waals surface area contributed by atoms with Crippen LogP contribution < -0.4 is 5.73 Å². The first-order valence-corrected chi connectivity index (χ1v) is 5.84. The highest BCUT2D eigenvalue weighted by Crippen LogP contribution is 2.20. The summed E-state index contributed by atoms with van der Waals surface area (Å²) in [6.45, 7) is 6.43. The van der Waals surface area contributed by atoms with Crippen molar-refractivity contribution in [2.75, 3.05) is 5.73 Å². The van der Waals surface area contributed by atoms with Gasteiger partial charge in [-0.3, -0.25) is 0 Å². The fourth-order valence-electron chi connectivity index (χ4n) is 2.02. The Morgan fingerprint density at radius 3 is 2.41 bits per heavy atom. The molecule has 0 atom stereocenters. The van der Waals surface area contributed by atoms with Gasteiger partial charge in [0.05, 0.1) is 0 Å². The highest BCUT2D eigenvalue weighted by Gasteiger charge is 2.05. The molecule has 1 aromatic heterocycles. The number of hydrogen-bond acceptors (Lipinski definition) is 2. The normalized spacial score (nSPS) is 10.5. The number of aromatic nitrogens is 1. The maximum absolute atomic E-state index is 5.88. The molecule has 2 heteroatoms. The molecule has 88 valence electrons. The van der Waals surface area contributed by atoms with Gasteiger partial charge in [-0.05, 0) is 54.7 Å². The minimum atomic E-state index is 0.630. The van der Waals surface area contributed by atoms with E-state index in [0.29, 0.717) is 5.82 Å². The maximum Gasteiger partial charge on any atom is 0.126 e. The number of pyridine rings is 1. The van der Waals surface area contributed by atoms with Crippen LogP contribution in [0.15, 0.2) is 30.5 Å². The van der Waals surface area contributed by atoms with E-state index in [0.717, 1.165) is 12.0 Å². The van der Waals surface area contributed by atoms with Gasteiger partial charge in [-0.15, -0.1) is 0 Å². The van der Waals surface area contributed by atoms with E-state index in [1.54, 1.807) is 6.20 Å². The van der Waals surface area contributed by atoms with E-state index < -0.39 is 0 Å². The third-order valence-electron chi connectivity index (χ3n) is 3.26. The maximum atomic E-state index is 5.88. The molecule has 0 amide bonds. The molecule has 0 radical (unpaired) electrons. The van der Waals surface area contributed by atoms with Crippen LogP contribution >= 0.6 is 0 Å². The van der Waals surface area contributed by atoms with Crippen LogP contribution in [0.25, 0.3) is 0 Å². The van der Waals surface area contributed by atoms with Gasteiger partial charge in [-0.1, -0.05) is 18.2 Å². The number of rotatable bonds is 2. The third-order valence-corrected chi connectivity index (χ3v) is 3.26. The summed E-state index contributed by atoms with van der Waals surface area (Å²) >= 11 is 0. The molecule has 0 bridgehead atoms. The van der Waals surface area contributed by atoms with E-state index in [4.69, 9.17) is 5.73 Å². The van der Waals surface area contributed by atoms with Gasteiger partial charge in [0, 0.05) is 12.6 Å². The average Bonchev–Trinajstić information content (AvgIpc) is 2.29. The Morgan fingerprint density at radius 1 is 1.00 bits per heavy atom. The zero-order chi connectivity index (χ0) is 12.4. The number of nitrogens with two attached hydrogens (primary N) is 1. The molecule has 0 aliphatic carbocycles. The van der Waals surface area contributed by atoms with E-state index >= 15 is 0 Å². The van der Waals surface area contributed by atoms with Crippen molar-refractivity contribution in [2.45, 2.75) is 27.2 Å². The van der Waals surface area contributed by atoms with Crippen molar-refractivity contribution >= 4 is 5.82 Å². The van der Waals surface area contributed by atoms with Crippen LogP contribution in [0, 0.1) is 20.8 Å². The van der Waals surface area contributed by atoms with Crippen LogP contribution in [-0.4, -0.2) is 4.98 Å². The monoisotopic (exact) mass is 226 g/mol. The quantitative estimate of drug-likeness (QED) is 0.854. The summed E-state index contributed by atoms with van der Waals surface area (Å²) in [6.07, 6.45) is 2.58. The Morgan fingerprint density at radius 2 is 1.71 bits per heavy atom. The highest BCUT2D eigenvalue weighted by molar-refractivity contribution is 5.45. The van der Waals surface area contributed by atoms with Crippen molar-refractivity contribution in [3.05, 3.63) is 58.3 Å². The molecule has 2 rings (SSSR count). The van der Waals surface area contributed by atoms with Crippen molar-refractivity contribution in [3.8, 4) is 0 Å². The van der Waals surface area contributed by atoms with Crippen molar-refractivity contribution in [2.24, 2.45) is 0 Å². The van der Waals surface area contributed by atoms with Crippen LogP contribution in [0.5, 0.6) is 0 Å². The third kappa shape index (κ3) is 2.47. The average molecular weight is 226 g/mol. The van der Waals surface area contributed by atoms with E-state index in [1.807, 2.05) is 12.1 Å². The van der Waals surface area contributed by atoms with Gasteiger partial charge >= 0.3 is 0 Å². The number of hydrogen-bond donors (Lipinski definition) is 1. The molecule has 0 saturated heterocycles. The van der Waals surface area contributed by atoms with Gasteiger partial charge in [0.2, 0.25) is 0 Å². The summed E-state index contributed by atoms with van der Waals surface area (Å²) in [6, 6.07) is 8.45. The van der Waals surface area contributed by atoms with E-state index in [9.17, 15) is 0 Å². The van der Waals surface area contributed by atoms with Crippen LogP contribution in [0.4, 0.5) is 5.82 Å². The molecule has 0 saturated carbocycles. The molecule has 1 aromatic carbocycles. The van der Waals surface area contributed by atoms with Crippen LogP contribution in [-0.2, 0) is 6.42 Å². The molecule has 2 aromatic rings. The second-order valence-electron chi connectivity index (χ2n) is 4.59. The zero-order valence-corrected chi connectivity index (χ0v) is 10.6. The molecule has 1 heterocycles. The Labute approximate surface area is 103 Å². The minimum Gasteiger partial charge on any atom is -0.383 e. The number of nitrogens with zero attached hydrogens (tertiary/aromatic N) is 1. The summed E-state index contributed by atoms with van der Waals surface area (Å²) < 4.78 is 0. The van der Waals surface area contributed by atoms with Crippen LogP contribution in [0.1, 0.15) is 27.8 Å². The summed E-state index contributed by atoms with van der Waals surface area (Å²) in [5.74, 6) is 0.630. The van der Waals surface area contributed by atoms with E-state index in [1.165, 1.54) is 22.3 Å². The predicted octanol–water partition coefficient (Wildman–Crippen LogP) is 3.18. The Bertz CT molecular complexity index is 545. The molecule has 0 aliphatic heterocycles. The topological polar surface area (TPSA) is 38.9 Å². The summed E-state index contributed by atoms with van der Waals surface area (Å²) in [5, 5.41) is 0.